The highest BCUT2D eigenvalue weighted by molar-refractivity contribution is 6.74. The molecule has 0 spiro atoms. The van der Waals surface area contributed by atoms with Crippen molar-refractivity contribution >= 4 is 18.6 Å². The van der Waals surface area contributed by atoms with E-state index in [0.717, 1.165) is 49.0 Å². The first-order valence-electron chi connectivity index (χ1n) is 11.7. The monoisotopic (exact) mass is 456 g/mol. The van der Waals surface area contributed by atoms with E-state index >= 15 is 0 Å². The maximum Gasteiger partial charge on any atom is 0.191 e. The molecule has 1 rings (SSSR count). The summed E-state index contributed by atoms with van der Waals surface area (Å²) in [7, 11) is 1.22. The van der Waals surface area contributed by atoms with E-state index in [9.17, 15) is 0 Å². The van der Waals surface area contributed by atoms with Crippen molar-refractivity contribution in [1.29, 1.82) is 0 Å². The van der Waals surface area contributed by atoms with Crippen LogP contribution >= 0.6 is 0 Å². The average Bonchev–Trinajstić information content (AvgIpc) is 3.05. The number of hydrogen-bond acceptors (Lipinski definition) is 4. The van der Waals surface area contributed by atoms with Gasteiger partial charge in [-0.25, -0.2) is 0 Å². The van der Waals surface area contributed by atoms with Crippen LogP contribution in [-0.2, 0) is 13.9 Å². The van der Waals surface area contributed by atoms with E-state index in [1.807, 2.05) is 0 Å². The Morgan fingerprint density at radius 1 is 1.27 bits per heavy atom. The van der Waals surface area contributed by atoms with E-state index in [1.54, 1.807) is 7.11 Å². The lowest BCUT2D eigenvalue weighted by molar-refractivity contribution is -0.105. The smallest absolute Gasteiger partial charge is 0.191 e. The minimum atomic E-state index is -1.66. The van der Waals surface area contributed by atoms with E-state index in [-0.39, 0.29) is 24.0 Å². The summed E-state index contributed by atoms with van der Waals surface area (Å²) in [6.07, 6.45) is 9.50. The summed E-state index contributed by atoms with van der Waals surface area (Å²) in [6, 6.07) is 0. The fourth-order valence-corrected chi connectivity index (χ4v) is 6.25. The molecule has 0 aromatic rings. The van der Waals surface area contributed by atoms with Crippen molar-refractivity contribution in [1.82, 2.24) is 0 Å². The lowest BCUT2D eigenvalue weighted by Crippen LogP contribution is -2.40. The Labute approximate surface area is 190 Å². The molecule has 176 valence electrons. The molecule has 6 heteroatoms. The van der Waals surface area contributed by atoms with Crippen LogP contribution in [0.3, 0.4) is 0 Å². The molecule has 4 atom stereocenters. The first-order chi connectivity index (χ1) is 13.9. The highest BCUT2D eigenvalue weighted by Gasteiger charge is 2.38. The lowest BCUT2D eigenvalue weighted by atomic mass is 9.91. The van der Waals surface area contributed by atoms with Crippen LogP contribution in [0.15, 0.2) is 23.3 Å². The predicted molar refractivity (Wildman–Crippen MR) is 134 cm³/mol. The van der Waals surface area contributed by atoms with Gasteiger partial charge in [0.05, 0.1) is 6.10 Å². The van der Waals surface area contributed by atoms with Crippen molar-refractivity contribution in [2.45, 2.75) is 103 Å². The van der Waals surface area contributed by atoms with Crippen molar-refractivity contribution in [3.63, 3.8) is 0 Å². The SMILES string of the molecule is COC1CC(C([SiH3])C/C(C)=C/CCO)C(/C=C(\C)CCCO[Si](C)(C)C(C)(C)C)O1. The van der Waals surface area contributed by atoms with Gasteiger partial charge in [-0.3, -0.25) is 0 Å². The summed E-state index contributed by atoms with van der Waals surface area (Å²) >= 11 is 0. The zero-order valence-electron chi connectivity index (χ0n) is 21.1. The Bertz CT molecular complexity index is 566. The van der Waals surface area contributed by atoms with Crippen molar-refractivity contribution in [3.8, 4) is 0 Å². The molecule has 1 N–H and O–H groups in total. The second-order valence-electron chi connectivity index (χ2n) is 10.6. The Kier molecular flexibility index (Phi) is 11.8. The van der Waals surface area contributed by atoms with Gasteiger partial charge in [0.25, 0.3) is 0 Å². The molecular weight excluding hydrogens is 408 g/mol. The van der Waals surface area contributed by atoms with Crippen LogP contribution in [-0.4, -0.2) is 56.4 Å². The largest absolute Gasteiger partial charge is 0.417 e. The normalized spacial score (nSPS) is 25.2. The third kappa shape index (κ3) is 9.09. The highest BCUT2D eigenvalue weighted by Crippen LogP contribution is 2.39. The number of allylic oxidation sites excluding steroid dienone is 2. The summed E-state index contributed by atoms with van der Waals surface area (Å²) in [4.78, 5) is 0. The molecule has 0 bridgehead atoms. The molecule has 0 saturated carbocycles. The molecule has 0 aliphatic carbocycles. The van der Waals surface area contributed by atoms with Gasteiger partial charge < -0.3 is 19.0 Å². The van der Waals surface area contributed by atoms with Gasteiger partial charge in [0.2, 0.25) is 0 Å². The first-order valence-corrected chi connectivity index (χ1v) is 15.7. The standard InChI is InChI=1S/C24H48O4Si2/c1-18(12-10-14-27-30(7,8)24(3,4)5)15-21-20(17-23(26-6)28-21)22(29)16-19(2)11-9-13-25/h11,15,20-23,25H,9-10,12-14,16-17H2,1-8,29H3/b18-15+,19-11+. The minimum absolute atomic E-state index is 0.0934. The van der Waals surface area contributed by atoms with Crippen LogP contribution in [0.1, 0.15) is 66.7 Å². The maximum absolute atomic E-state index is 9.05. The summed E-state index contributed by atoms with van der Waals surface area (Å²) in [5.41, 5.74) is 3.42. The molecule has 0 aromatic carbocycles. The molecule has 1 aliphatic heterocycles. The van der Waals surface area contributed by atoms with Gasteiger partial charge in [-0.2, -0.15) is 0 Å². The van der Waals surface area contributed by atoms with Crippen molar-refractivity contribution in [2.75, 3.05) is 20.3 Å². The van der Waals surface area contributed by atoms with Gasteiger partial charge in [0.15, 0.2) is 14.6 Å². The second-order valence-corrected chi connectivity index (χ2v) is 16.9. The van der Waals surface area contributed by atoms with Crippen LogP contribution in [0.25, 0.3) is 0 Å². The van der Waals surface area contributed by atoms with Crippen LogP contribution in [0.5, 0.6) is 0 Å². The summed E-state index contributed by atoms with van der Waals surface area (Å²) in [6.45, 7) is 17.0. The number of aliphatic hydroxyl groups excluding tert-OH is 1. The molecule has 1 aliphatic rings. The van der Waals surface area contributed by atoms with Crippen molar-refractivity contribution in [3.05, 3.63) is 23.3 Å². The van der Waals surface area contributed by atoms with Gasteiger partial charge >= 0.3 is 0 Å². The third-order valence-electron chi connectivity index (χ3n) is 6.89. The average molecular weight is 457 g/mol. The van der Waals surface area contributed by atoms with Gasteiger partial charge in [-0.15, -0.1) is 0 Å². The number of hydrogen-bond donors (Lipinski definition) is 1. The Morgan fingerprint density at radius 2 is 1.93 bits per heavy atom. The van der Waals surface area contributed by atoms with Crippen LogP contribution in [0.4, 0.5) is 0 Å². The van der Waals surface area contributed by atoms with Crippen LogP contribution < -0.4 is 0 Å². The molecule has 0 aromatic heterocycles. The Morgan fingerprint density at radius 3 is 2.50 bits per heavy atom. The molecule has 0 radical (unpaired) electrons. The Hall–Kier alpha value is -0.246. The molecule has 4 unspecified atom stereocenters. The molecule has 4 nitrogen and oxygen atoms in total. The zero-order chi connectivity index (χ0) is 22.9. The molecule has 30 heavy (non-hydrogen) atoms. The fourth-order valence-electron chi connectivity index (χ4n) is 3.87. The van der Waals surface area contributed by atoms with Gasteiger partial charge in [0, 0.05) is 37.0 Å². The molecule has 1 saturated heterocycles. The predicted octanol–water partition coefficient (Wildman–Crippen LogP) is 4.99. The van der Waals surface area contributed by atoms with E-state index in [1.165, 1.54) is 11.1 Å². The van der Waals surface area contributed by atoms with Crippen molar-refractivity contribution in [2.24, 2.45) is 5.92 Å². The molecular formula is C24H48O4Si2. The molecule has 1 heterocycles. The summed E-state index contributed by atoms with van der Waals surface area (Å²) in [5, 5.41) is 9.32. The van der Waals surface area contributed by atoms with E-state index in [2.05, 4.69) is 59.9 Å². The van der Waals surface area contributed by atoms with E-state index < -0.39 is 8.32 Å². The van der Waals surface area contributed by atoms with E-state index in [0.29, 0.717) is 11.5 Å². The van der Waals surface area contributed by atoms with Crippen LogP contribution in [0.2, 0.25) is 23.7 Å². The fraction of sp³-hybridized carbons (Fsp3) is 0.833. The number of ether oxygens (including phenoxy) is 2. The summed E-state index contributed by atoms with van der Waals surface area (Å²) in [5.74, 6) is 0.512. The number of methoxy groups -OCH3 is 1. The summed E-state index contributed by atoms with van der Waals surface area (Å²) < 4.78 is 18.1. The quantitative estimate of drug-likeness (QED) is 0.255. The van der Waals surface area contributed by atoms with Crippen molar-refractivity contribution < 1.29 is 19.0 Å². The topological polar surface area (TPSA) is 47.9 Å². The molecule has 0 amide bonds. The number of aliphatic hydroxyl groups is 1. The van der Waals surface area contributed by atoms with Gasteiger partial charge in [-0.1, -0.05) is 44.1 Å². The second kappa shape index (κ2) is 12.7. The van der Waals surface area contributed by atoms with E-state index in [4.69, 9.17) is 19.0 Å². The third-order valence-corrected chi connectivity index (χ3v) is 12.7. The molecule has 1 fully saturated rings. The van der Waals surface area contributed by atoms with Gasteiger partial charge in [0.1, 0.15) is 0 Å². The van der Waals surface area contributed by atoms with Gasteiger partial charge in [-0.05, 0) is 69.1 Å². The maximum atomic E-state index is 9.05. The van der Waals surface area contributed by atoms with Crippen LogP contribution in [0, 0.1) is 5.92 Å². The minimum Gasteiger partial charge on any atom is -0.417 e. The lowest BCUT2D eigenvalue weighted by Gasteiger charge is -2.36. The first kappa shape index (κ1) is 27.8. The Balaban J connectivity index is 2.64. The number of rotatable bonds is 12. The zero-order valence-corrected chi connectivity index (χ0v) is 24.1. The highest BCUT2D eigenvalue weighted by atomic mass is 28.4.